The minimum absolute atomic E-state index is 0.568. The van der Waals surface area contributed by atoms with Gasteiger partial charge in [-0.3, -0.25) is 0 Å². The summed E-state index contributed by atoms with van der Waals surface area (Å²) in [7, 11) is 0. The Balaban J connectivity index is 0.952. The topological polar surface area (TPSA) is 6.48 Å². The van der Waals surface area contributed by atoms with Crippen molar-refractivity contribution in [2.45, 2.75) is 38.5 Å². The van der Waals surface area contributed by atoms with Gasteiger partial charge in [-0.2, -0.15) is 0 Å². The molecule has 402 valence electrons. The number of anilines is 6. The van der Waals surface area contributed by atoms with E-state index in [2.05, 4.69) is 353 Å². The molecule has 0 unspecified atom stereocenters. The van der Waals surface area contributed by atoms with Gasteiger partial charge in [-0.05, 0) is 177 Å². The van der Waals surface area contributed by atoms with Crippen molar-refractivity contribution in [3.63, 3.8) is 0 Å². The molecule has 0 bridgehead atoms. The Morgan fingerprint density at radius 3 is 0.714 bits per heavy atom. The van der Waals surface area contributed by atoms with Crippen LogP contribution in [0, 0.1) is 27.7 Å². The minimum atomic E-state index is -0.568. The first kappa shape index (κ1) is 51.8. The zero-order chi connectivity index (χ0) is 56.8. The van der Waals surface area contributed by atoms with Crippen molar-refractivity contribution in [2.75, 3.05) is 9.80 Å². The van der Waals surface area contributed by atoms with Gasteiger partial charge in [-0.1, -0.05) is 255 Å². The van der Waals surface area contributed by atoms with Crippen LogP contribution in [-0.2, 0) is 10.8 Å². The van der Waals surface area contributed by atoms with Crippen molar-refractivity contribution in [1.29, 1.82) is 0 Å². The zero-order valence-electron chi connectivity index (χ0n) is 47.9. The van der Waals surface area contributed by atoms with Crippen LogP contribution < -0.4 is 9.80 Å². The summed E-state index contributed by atoms with van der Waals surface area (Å²) in [5.41, 5.74) is 20.1. The van der Waals surface area contributed by atoms with E-state index in [1.165, 1.54) is 99.1 Å². The fraction of sp³-hybridized carbons (Fsp3) is 0.0732. The van der Waals surface area contributed by atoms with Crippen LogP contribution in [0.4, 0.5) is 34.1 Å². The number of benzene rings is 14. The fourth-order valence-electron chi connectivity index (χ4n) is 14.0. The Morgan fingerprint density at radius 2 is 0.452 bits per heavy atom. The zero-order valence-corrected chi connectivity index (χ0v) is 47.9. The standard InChI is InChI=1S/C82H64N2/c1-57-51-58(2)54-73(53-57)83(71-43-39-69(40-44-71)81(63-23-11-5-12-24-63,64-25-13-6-14-26-64)65-27-15-7-16-28-65)77-49-37-61-36-48-76-78(50-38-62-35-47-75(77)79(61)80(62)76)84(74-55-59(3)52-60(4)56-74)72-45-41-70(42-46-72)82(66-29-17-8-18-30-66,67-31-19-9-20-32-67)68-33-21-10-22-34-68/h5-56H,1-4H3. The molecule has 0 heterocycles. The predicted octanol–water partition coefficient (Wildman–Crippen LogP) is 21.5. The van der Waals surface area contributed by atoms with Crippen LogP contribution in [0.15, 0.2) is 315 Å². The predicted molar refractivity (Wildman–Crippen MR) is 355 cm³/mol. The maximum atomic E-state index is 2.48. The van der Waals surface area contributed by atoms with Crippen molar-refractivity contribution in [1.82, 2.24) is 0 Å². The van der Waals surface area contributed by atoms with E-state index in [-0.39, 0.29) is 0 Å². The third kappa shape index (κ3) is 8.82. The molecule has 0 saturated heterocycles. The first-order valence-corrected chi connectivity index (χ1v) is 29.3. The van der Waals surface area contributed by atoms with Crippen molar-refractivity contribution >= 4 is 66.4 Å². The molecule has 0 atom stereocenters. The SMILES string of the molecule is Cc1cc(C)cc(N(c2ccc(C(c3ccccc3)(c3ccccc3)c3ccccc3)cc2)c2ccc3ccc4c(N(c5ccc(C(c6ccccc6)(c6ccccc6)c6ccccc6)cc5)c5cc(C)cc(C)c5)ccc5ccc2c3c54)c1. The van der Waals surface area contributed by atoms with E-state index in [0.29, 0.717) is 0 Å². The molecule has 0 radical (unpaired) electrons. The lowest BCUT2D eigenvalue weighted by Crippen LogP contribution is -2.31. The molecule has 14 rings (SSSR count). The van der Waals surface area contributed by atoms with Crippen molar-refractivity contribution in [3.05, 3.63) is 382 Å². The Kier molecular flexibility index (Phi) is 13.3. The summed E-state index contributed by atoms with van der Waals surface area (Å²) in [5, 5.41) is 7.31. The van der Waals surface area contributed by atoms with Gasteiger partial charge in [0.1, 0.15) is 0 Å². The first-order valence-electron chi connectivity index (χ1n) is 29.3. The summed E-state index contributed by atoms with van der Waals surface area (Å²) in [5.74, 6) is 0. The largest absolute Gasteiger partial charge is 0.310 e. The highest BCUT2D eigenvalue weighted by Gasteiger charge is 2.40. The lowest BCUT2D eigenvalue weighted by Gasteiger charge is -2.37. The molecule has 0 aromatic heterocycles. The van der Waals surface area contributed by atoms with Gasteiger partial charge in [0.05, 0.1) is 22.2 Å². The van der Waals surface area contributed by atoms with Crippen LogP contribution in [0.5, 0.6) is 0 Å². The molecule has 2 nitrogen and oxygen atoms in total. The Hall–Kier alpha value is -10.3. The molecule has 0 amide bonds. The molecule has 0 saturated carbocycles. The third-order valence-corrected chi connectivity index (χ3v) is 17.4. The Bertz CT molecular complexity index is 4070. The van der Waals surface area contributed by atoms with E-state index >= 15 is 0 Å². The second-order valence-electron chi connectivity index (χ2n) is 22.7. The van der Waals surface area contributed by atoms with Crippen molar-refractivity contribution in [2.24, 2.45) is 0 Å². The molecule has 0 aliphatic rings. The quantitative estimate of drug-likeness (QED) is 0.0791. The van der Waals surface area contributed by atoms with Crippen molar-refractivity contribution in [3.8, 4) is 0 Å². The highest BCUT2D eigenvalue weighted by atomic mass is 15.2. The molecular weight excluding hydrogens is 1010 g/mol. The summed E-state index contributed by atoms with van der Waals surface area (Å²) in [4.78, 5) is 4.96. The number of hydrogen-bond acceptors (Lipinski definition) is 2. The number of rotatable bonds is 14. The highest BCUT2D eigenvalue weighted by Crippen LogP contribution is 2.51. The number of hydrogen-bond donors (Lipinski definition) is 0. The maximum absolute atomic E-state index is 2.48. The van der Waals surface area contributed by atoms with E-state index in [1.54, 1.807) is 0 Å². The van der Waals surface area contributed by atoms with E-state index in [1.807, 2.05) is 0 Å². The molecule has 0 aliphatic carbocycles. The Morgan fingerprint density at radius 1 is 0.214 bits per heavy atom. The lowest BCUT2D eigenvalue weighted by molar-refractivity contribution is 0.745. The molecule has 2 heteroatoms. The van der Waals surface area contributed by atoms with Crippen molar-refractivity contribution < 1.29 is 0 Å². The second-order valence-corrected chi connectivity index (χ2v) is 22.7. The van der Waals surface area contributed by atoms with Gasteiger partial charge in [0.2, 0.25) is 0 Å². The van der Waals surface area contributed by atoms with Crippen LogP contribution in [0.1, 0.15) is 66.8 Å². The average molecular weight is 1080 g/mol. The molecule has 0 spiro atoms. The number of aryl methyl sites for hydroxylation is 4. The van der Waals surface area contributed by atoms with Crippen LogP contribution in [-0.4, -0.2) is 0 Å². The van der Waals surface area contributed by atoms with Gasteiger partial charge in [0, 0.05) is 33.5 Å². The van der Waals surface area contributed by atoms with E-state index in [9.17, 15) is 0 Å². The van der Waals surface area contributed by atoms with Gasteiger partial charge in [-0.25, -0.2) is 0 Å². The molecule has 14 aromatic carbocycles. The average Bonchev–Trinajstić information content (AvgIpc) is 1.62. The first-order chi connectivity index (χ1) is 41.3. The van der Waals surface area contributed by atoms with Gasteiger partial charge in [0.15, 0.2) is 0 Å². The minimum Gasteiger partial charge on any atom is -0.310 e. The van der Waals surface area contributed by atoms with E-state index in [0.717, 1.165) is 34.1 Å². The molecule has 84 heavy (non-hydrogen) atoms. The molecule has 0 N–H and O–H groups in total. The Labute approximate surface area is 494 Å². The normalized spacial score (nSPS) is 11.8. The highest BCUT2D eigenvalue weighted by molar-refractivity contribution is 6.28. The third-order valence-electron chi connectivity index (χ3n) is 17.4. The molecule has 0 aliphatic heterocycles. The summed E-state index contributed by atoms with van der Waals surface area (Å²) < 4.78 is 0. The molecular formula is C82H64N2. The summed E-state index contributed by atoms with van der Waals surface area (Å²) in [6, 6.07) is 117. The van der Waals surface area contributed by atoms with Gasteiger partial charge in [0.25, 0.3) is 0 Å². The van der Waals surface area contributed by atoms with Crippen LogP contribution >= 0.6 is 0 Å². The molecule has 14 aromatic rings. The number of nitrogens with zero attached hydrogens (tertiary/aromatic N) is 2. The second kappa shape index (κ2) is 21.6. The summed E-state index contributed by atoms with van der Waals surface area (Å²) in [6.07, 6.45) is 0. The monoisotopic (exact) mass is 1080 g/mol. The van der Waals surface area contributed by atoms with Crippen LogP contribution in [0.3, 0.4) is 0 Å². The van der Waals surface area contributed by atoms with Gasteiger partial charge in [-0.15, -0.1) is 0 Å². The molecule has 0 fully saturated rings. The van der Waals surface area contributed by atoms with Gasteiger partial charge >= 0.3 is 0 Å². The lowest BCUT2D eigenvalue weighted by atomic mass is 9.65. The van der Waals surface area contributed by atoms with E-state index < -0.39 is 10.8 Å². The smallest absolute Gasteiger partial charge is 0.0701 e. The van der Waals surface area contributed by atoms with Crippen LogP contribution in [0.2, 0.25) is 0 Å². The van der Waals surface area contributed by atoms with E-state index in [4.69, 9.17) is 0 Å². The summed E-state index contributed by atoms with van der Waals surface area (Å²) in [6.45, 7) is 8.83. The van der Waals surface area contributed by atoms with Crippen LogP contribution in [0.25, 0.3) is 32.3 Å². The fourth-order valence-corrected chi connectivity index (χ4v) is 14.0. The summed E-state index contributed by atoms with van der Waals surface area (Å²) >= 11 is 0. The van der Waals surface area contributed by atoms with Gasteiger partial charge < -0.3 is 9.80 Å². The maximum Gasteiger partial charge on any atom is 0.0701 e.